The Morgan fingerprint density at radius 3 is 2.50 bits per heavy atom. The van der Waals surface area contributed by atoms with Crippen LogP contribution in [0.4, 0.5) is 11.4 Å². The molecule has 0 saturated heterocycles. The zero-order valence-electron chi connectivity index (χ0n) is 14.1. The number of aliphatic hydroxyl groups is 1. The molecule has 5 nitrogen and oxygen atoms in total. The lowest BCUT2D eigenvalue weighted by Gasteiger charge is -2.19. The molecule has 0 aliphatic carbocycles. The van der Waals surface area contributed by atoms with Crippen LogP contribution in [-0.4, -0.2) is 16.7 Å². The van der Waals surface area contributed by atoms with Crippen molar-refractivity contribution < 1.29 is 9.52 Å². The van der Waals surface area contributed by atoms with E-state index < -0.39 is 0 Å². The molecule has 0 spiro atoms. The van der Waals surface area contributed by atoms with Gasteiger partial charge in [-0.05, 0) is 35.9 Å². The molecule has 0 aliphatic heterocycles. The molecular weight excluding hydrogens is 326 g/mol. The molecule has 0 amide bonds. The molecule has 0 radical (unpaired) electrons. The Morgan fingerprint density at radius 1 is 1.00 bits per heavy atom. The van der Waals surface area contributed by atoms with Crippen LogP contribution in [-0.2, 0) is 0 Å². The van der Waals surface area contributed by atoms with Gasteiger partial charge in [-0.1, -0.05) is 42.5 Å². The first-order chi connectivity index (χ1) is 12.7. The fourth-order valence-electron chi connectivity index (χ4n) is 2.93. The largest absolute Gasteiger partial charge is 0.436 e. The minimum absolute atomic E-state index is 0.0314. The minimum atomic E-state index is -0.228. The van der Waals surface area contributed by atoms with Gasteiger partial charge in [0.15, 0.2) is 5.58 Å². The number of hydrogen-bond acceptors (Lipinski definition) is 5. The fraction of sp³-hybridized carbons (Fsp3) is 0.0952. The van der Waals surface area contributed by atoms with Crippen LogP contribution >= 0.6 is 0 Å². The zero-order chi connectivity index (χ0) is 17.9. The predicted octanol–water partition coefficient (Wildman–Crippen LogP) is 4.22. The molecule has 0 saturated carbocycles. The van der Waals surface area contributed by atoms with Crippen molar-refractivity contribution in [3.63, 3.8) is 0 Å². The zero-order valence-corrected chi connectivity index (χ0v) is 14.1. The van der Waals surface area contributed by atoms with E-state index in [0.29, 0.717) is 11.6 Å². The molecule has 4 N–H and O–H groups in total. The second-order valence-corrected chi connectivity index (χ2v) is 6.08. The fourth-order valence-corrected chi connectivity index (χ4v) is 2.93. The van der Waals surface area contributed by atoms with E-state index in [9.17, 15) is 5.11 Å². The number of rotatable bonds is 5. The van der Waals surface area contributed by atoms with Crippen molar-refractivity contribution in [2.45, 2.75) is 6.04 Å². The predicted molar refractivity (Wildman–Crippen MR) is 104 cm³/mol. The monoisotopic (exact) mass is 345 g/mol. The van der Waals surface area contributed by atoms with Gasteiger partial charge in [0.05, 0.1) is 24.0 Å². The van der Waals surface area contributed by atoms with Gasteiger partial charge in [0, 0.05) is 5.56 Å². The first-order valence-corrected chi connectivity index (χ1v) is 8.42. The van der Waals surface area contributed by atoms with E-state index >= 15 is 0 Å². The molecule has 130 valence electrons. The number of anilines is 2. The number of aromatic nitrogens is 1. The van der Waals surface area contributed by atoms with Crippen molar-refractivity contribution >= 4 is 22.5 Å². The van der Waals surface area contributed by atoms with Crippen LogP contribution in [0, 0.1) is 0 Å². The van der Waals surface area contributed by atoms with Gasteiger partial charge in [-0.25, -0.2) is 4.98 Å². The number of nitrogens with one attached hydrogen (secondary N) is 1. The first kappa shape index (κ1) is 16.2. The van der Waals surface area contributed by atoms with E-state index in [2.05, 4.69) is 10.3 Å². The summed E-state index contributed by atoms with van der Waals surface area (Å²) in [4.78, 5) is 4.50. The van der Waals surface area contributed by atoms with Crippen LogP contribution in [0.1, 0.15) is 11.6 Å². The number of fused-ring (bicyclic) bond motifs is 1. The molecule has 0 bridgehead atoms. The van der Waals surface area contributed by atoms with Crippen molar-refractivity contribution in [1.82, 2.24) is 4.98 Å². The molecule has 1 atom stereocenters. The second-order valence-electron chi connectivity index (χ2n) is 6.08. The van der Waals surface area contributed by atoms with E-state index in [-0.39, 0.29) is 12.6 Å². The molecule has 1 aromatic heterocycles. The van der Waals surface area contributed by atoms with Gasteiger partial charge in [0.1, 0.15) is 5.52 Å². The van der Waals surface area contributed by atoms with Crippen molar-refractivity contribution in [2.24, 2.45) is 0 Å². The Labute approximate surface area is 151 Å². The molecular formula is C21H19N3O2. The summed E-state index contributed by atoms with van der Waals surface area (Å²) in [6, 6.07) is 22.8. The molecule has 4 rings (SSSR count). The summed E-state index contributed by atoms with van der Waals surface area (Å²) in [5.74, 6) is 0.534. The first-order valence-electron chi connectivity index (χ1n) is 8.42. The number of nitrogen functional groups attached to an aromatic ring is 1. The Balaban J connectivity index is 1.61. The van der Waals surface area contributed by atoms with Gasteiger partial charge in [0.2, 0.25) is 5.89 Å². The standard InChI is InChI=1S/C21H19N3O2/c22-16-12-15(21-24-18-8-4-5-9-20(18)26-21)10-11-17(16)23-19(13-25)14-6-2-1-3-7-14/h1-12,19,23,25H,13,22H2. The van der Waals surface area contributed by atoms with E-state index in [1.165, 1.54) is 0 Å². The highest BCUT2D eigenvalue weighted by Crippen LogP contribution is 2.30. The van der Waals surface area contributed by atoms with Gasteiger partial charge in [-0.2, -0.15) is 0 Å². The molecule has 1 unspecified atom stereocenters. The molecule has 3 aromatic carbocycles. The van der Waals surface area contributed by atoms with Gasteiger partial charge >= 0.3 is 0 Å². The number of benzene rings is 3. The van der Waals surface area contributed by atoms with Gasteiger partial charge in [-0.15, -0.1) is 0 Å². The number of oxazole rings is 1. The number of nitrogens with two attached hydrogens (primary N) is 1. The average molecular weight is 345 g/mol. The second kappa shape index (κ2) is 6.90. The van der Waals surface area contributed by atoms with Crippen molar-refractivity contribution in [1.29, 1.82) is 0 Å². The summed E-state index contributed by atoms with van der Waals surface area (Å²) in [5, 5.41) is 13.0. The van der Waals surface area contributed by atoms with Crippen molar-refractivity contribution in [2.75, 3.05) is 17.7 Å². The molecule has 1 heterocycles. The molecule has 0 aliphatic rings. The van der Waals surface area contributed by atoms with Gasteiger partial charge in [0.25, 0.3) is 0 Å². The highest BCUT2D eigenvalue weighted by atomic mass is 16.3. The summed E-state index contributed by atoms with van der Waals surface area (Å²) in [6.45, 7) is -0.0314. The highest BCUT2D eigenvalue weighted by Gasteiger charge is 2.13. The van der Waals surface area contributed by atoms with Crippen LogP contribution in [0.3, 0.4) is 0 Å². The number of nitrogens with zero attached hydrogens (tertiary/aromatic N) is 1. The summed E-state index contributed by atoms with van der Waals surface area (Å²) in [6.07, 6.45) is 0. The van der Waals surface area contributed by atoms with E-state index in [4.69, 9.17) is 10.2 Å². The summed E-state index contributed by atoms with van der Waals surface area (Å²) < 4.78 is 5.79. The SMILES string of the molecule is Nc1cc(-c2nc3ccccc3o2)ccc1NC(CO)c1ccccc1. The quantitative estimate of drug-likeness (QED) is 0.472. The topological polar surface area (TPSA) is 84.3 Å². The van der Waals surface area contributed by atoms with Crippen LogP contribution in [0.5, 0.6) is 0 Å². The summed E-state index contributed by atoms with van der Waals surface area (Å²) >= 11 is 0. The van der Waals surface area contributed by atoms with Crippen LogP contribution in [0.25, 0.3) is 22.6 Å². The van der Waals surface area contributed by atoms with Crippen LogP contribution in [0.15, 0.2) is 77.2 Å². The summed E-state index contributed by atoms with van der Waals surface area (Å²) in [5.41, 5.74) is 10.9. The lowest BCUT2D eigenvalue weighted by atomic mass is 10.1. The lowest BCUT2D eigenvalue weighted by molar-refractivity contribution is 0.276. The number of para-hydroxylation sites is 2. The van der Waals surface area contributed by atoms with Crippen LogP contribution in [0.2, 0.25) is 0 Å². The van der Waals surface area contributed by atoms with Gasteiger partial charge in [-0.3, -0.25) is 0 Å². The Morgan fingerprint density at radius 2 is 1.77 bits per heavy atom. The molecule has 26 heavy (non-hydrogen) atoms. The van der Waals surface area contributed by atoms with E-state index in [1.807, 2.05) is 72.8 Å². The number of hydrogen-bond donors (Lipinski definition) is 3. The summed E-state index contributed by atoms with van der Waals surface area (Å²) in [7, 11) is 0. The Bertz CT molecular complexity index is 995. The highest BCUT2D eigenvalue weighted by molar-refractivity contribution is 5.78. The molecule has 5 heteroatoms. The third-order valence-corrected chi connectivity index (χ3v) is 4.31. The van der Waals surface area contributed by atoms with Crippen molar-refractivity contribution in [3.05, 3.63) is 78.4 Å². The molecule has 0 fully saturated rings. The normalized spacial score (nSPS) is 12.2. The Hall–Kier alpha value is -3.31. The van der Waals surface area contributed by atoms with E-state index in [0.717, 1.165) is 27.9 Å². The smallest absolute Gasteiger partial charge is 0.227 e. The third-order valence-electron chi connectivity index (χ3n) is 4.31. The average Bonchev–Trinajstić information content (AvgIpc) is 3.12. The maximum absolute atomic E-state index is 9.72. The Kier molecular flexibility index (Phi) is 4.29. The lowest BCUT2D eigenvalue weighted by Crippen LogP contribution is -2.15. The maximum Gasteiger partial charge on any atom is 0.227 e. The third kappa shape index (κ3) is 3.12. The van der Waals surface area contributed by atoms with Crippen molar-refractivity contribution in [3.8, 4) is 11.5 Å². The number of aliphatic hydroxyl groups excluding tert-OH is 1. The van der Waals surface area contributed by atoms with Crippen LogP contribution < -0.4 is 11.1 Å². The maximum atomic E-state index is 9.72. The minimum Gasteiger partial charge on any atom is -0.436 e. The molecule has 4 aromatic rings. The van der Waals surface area contributed by atoms with E-state index in [1.54, 1.807) is 0 Å². The van der Waals surface area contributed by atoms with Gasteiger partial charge < -0.3 is 20.6 Å².